The van der Waals surface area contributed by atoms with Crippen molar-refractivity contribution < 1.29 is 23.8 Å². The summed E-state index contributed by atoms with van der Waals surface area (Å²) in [5.41, 5.74) is 1.79. The van der Waals surface area contributed by atoms with Gasteiger partial charge < -0.3 is 30.2 Å². The molecule has 1 aliphatic heterocycles. The highest BCUT2D eigenvalue weighted by Crippen LogP contribution is 2.25. The molecule has 1 unspecified atom stereocenters. The molecule has 8 nitrogen and oxygen atoms in total. The normalized spacial score (nSPS) is 15.2. The number of rotatable bonds is 12. The highest BCUT2D eigenvalue weighted by atomic mass is 16.5. The molecule has 8 heteroatoms. The predicted molar refractivity (Wildman–Crippen MR) is 123 cm³/mol. The number of methoxy groups -OCH3 is 1. The molecule has 1 heterocycles. The van der Waals surface area contributed by atoms with E-state index in [1.165, 1.54) is 0 Å². The fourth-order valence-electron chi connectivity index (χ4n) is 3.34. The summed E-state index contributed by atoms with van der Waals surface area (Å²) < 4.78 is 16.5. The van der Waals surface area contributed by atoms with Crippen LogP contribution in [0, 0.1) is 0 Å². The molecular weight excluding hydrogens is 410 g/mol. The van der Waals surface area contributed by atoms with Gasteiger partial charge in [0, 0.05) is 38.1 Å². The quantitative estimate of drug-likeness (QED) is 0.438. The van der Waals surface area contributed by atoms with Crippen molar-refractivity contribution in [1.29, 1.82) is 0 Å². The Morgan fingerprint density at radius 3 is 2.84 bits per heavy atom. The number of carbonyl (C=O) groups excluding carboxylic acids is 2. The summed E-state index contributed by atoms with van der Waals surface area (Å²) >= 11 is 0. The number of nitrogens with one attached hydrogen (secondary N) is 3. The average molecular weight is 442 g/mol. The minimum Gasteiger partial charge on any atom is -0.489 e. The van der Waals surface area contributed by atoms with Crippen molar-refractivity contribution in [2.45, 2.75) is 25.4 Å². The van der Waals surface area contributed by atoms with E-state index < -0.39 is 0 Å². The number of benzene rings is 2. The first-order chi connectivity index (χ1) is 15.7. The van der Waals surface area contributed by atoms with Crippen LogP contribution in [0.2, 0.25) is 0 Å². The molecule has 0 radical (unpaired) electrons. The fourth-order valence-corrected chi connectivity index (χ4v) is 3.34. The lowest BCUT2D eigenvalue weighted by Crippen LogP contribution is -2.26. The van der Waals surface area contributed by atoms with Gasteiger partial charge in [0.05, 0.1) is 18.3 Å². The highest BCUT2D eigenvalue weighted by molar-refractivity contribution is 5.98. The van der Waals surface area contributed by atoms with Gasteiger partial charge in [0.1, 0.15) is 12.4 Å². The molecule has 3 rings (SSSR count). The lowest BCUT2D eigenvalue weighted by Gasteiger charge is -2.15. The van der Waals surface area contributed by atoms with Crippen LogP contribution in [0.4, 0.5) is 11.4 Å². The second-order valence-electron chi connectivity index (χ2n) is 7.53. The van der Waals surface area contributed by atoms with Crippen molar-refractivity contribution in [3.8, 4) is 5.75 Å². The zero-order chi connectivity index (χ0) is 22.6. The van der Waals surface area contributed by atoms with Crippen molar-refractivity contribution in [2.24, 2.45) is 0 Å². The molecule has 1 saturated heterocycles. The van der Waals surface area contributed by atoms with E-state index in [1.54, 1.807) is 31.4 Å². The molecule has 2 aromatic carbocycles. The van der Waals surface area contributed by atoms with Crippen molar-refractivity contribution in [2.75, 3.05) is 50.7 Å². The van der Waals surface area contributed by atoms with E-state index in [0.717, 1.165) is 31.6 Å². The molecule has 0 saturated carbocycles. The van der Waals surface area contributed by atoms with Crippen molar-refractivity contribution in [1.82, 2.24) is 5.32 Å². The third-order valence-corrected chi connectivity index (χ3v) is 4.99. The van der Waals surface area contributed by atoms with Gasteiger partial charge in [0.15, 0.2) is 0 Å². The van der Waals surface area contributed by atoms with Crippen molar-refractivity contribution >= 4 is 23.2 Å². The standard InChI is InChI=1S/C24H31N3O5/c1-30-13-6-12-25-24(29)18-7-4-8-19(15-18)27-23(28)16-26-21-10-2-3-11-22(21)32-17-20-9-5-14-31-20/h2-4,7-8,10-11,15,20,26H,5-6,9,12-14,16-17H2,1H3,(H,25,29)(H,27,28). The van der Waals surface area contributed by atoms with Gasteiger partial charge in [-0.25, -0.2) is 0 Å². The Labute approximate surface area is 188 Å². The summed E-state index contributed by atoms with van der Waals surface area (Å²) in [7, 11) is 1.62. The molecule has 2 amide bonds. The zero-order valence-corrected chi connectivity index (χ0v) is 18.4. The highest BCUT2D eigenvalue weighted by Gasteiger charge is 2.17. The molecule has 3 N–H and O–H groups in total. The molecule has 0 aliphatic carbocycles. The predicted octanol–water partition coefficient (Wildman–Crippen LogP) is 3.06. The molecular formula is C24H31N3O5. The first-order valence-electron chi connectivity index (χ1n) is 10.9. The molecule has 1 aliphatic rings. The van der Waals surface area contributed by atoms with Gasteiger partial charge >= 0.3 is 0 Å². The monoisotopic (exact) mass is 441 g/mol. The first kappa shape index (κ1) is 23.6. The first-order valence-corrected chi connectivity index (χ1v) is 10.9. The van der Waals surface area contributed by atoms with Gasteiger partial charge in [-0.2, -0.15) is 0 Å². The molecule has 0 spiro atoms. The Morgan fingerprint density at radius 2 is 2.03 bits per heavy atom. The Kier molecular flexibility index (Phi) is 9.34. The zero-order valence-electron chi connectivity index (χ0n) is 18.4. The van der Waals surface area contributed by atoms with Gasteiger partial charge in [0.25, 0.3) is 5.91 Å². The minimum atomic E-state index is -0.225. The molecule has 32 heavy (non-hydrogen) atoms. The van der Waals surface area contributed by atoms with Gasteiger partial charge in [0.2, 0.25) is 5.91 Å². The SMILES string of the molecule is COCCCNC(=O)c1cccc(NC(=O)CNc2ccccc2OCC2CCCO2)c1. The second-order valence-corrected chi connectivity index (χ2v) is 7.53. The number of carbonyl (C=O) groups is 2. The largest absolute Gasteiger partial charge is 0.489 e. The lowest BCUT2D eigenvalue weighted by atomic mass is 10.2. The van der Waals surface area contributed by atoms with E-state index in [9.17, 15) is 9.59 Å². The Hall–Kier alpha value is -3.10. The Balaban J connectivity index is 1.48. The van der Waals surface area contributed by atoms with Gasteiger partial charge in [-0.1, -0.05) is 18.2 Å². The Morgan fingerprint density at radius 1 is 1.16 bits per heavy atom. The maximum absolute atomic E-state index is 12.4. The van der Waals surface area contributed by atoms with Crippen LogP contribution in [0.25, 0.3) is 0 Å². The van der Waals surface area contributed by atoms with Gasteiger partial charge in [-0.3, -0.25) is 9.59 Å². The van der Waals surface area contributed by atoms with E-state index in [1.807, 2.05) is 24.3 Å². The molecule has 0 bridgehead atoms. The fraction of sp³-hybridized carbons (Fsp3) is 0.417. The third kappa shape index (κ3) is 7.55. The summed E-state index contributed by atoms with van der Waals surface area (Å²) in [6, 6.07) is 14.4. The van der Waals surface area contributed by atoms with E-state index in [2.05, 4.69) is 16.0 Å². The van der Waals surface area contributed by atoms with Crippen LogP contribution in [0.5, 0.6) is 5.75 Å². The number of anilines is 2. The average Bonchev–Trinajstić information content (AvgIpc) is 3.33. The second kappa shape index (κ2) is 12.7. The van der Waals surface area contributed by atoms with E-state index in [4.69, 9.17) is 14.2 Å². The maximum Gasteiger partial charge on any atom is 0.251 e. The maximum atomic E-state index is 12.4. The Bertz CT molecular complexity index is 883. The summed E-state index contributed by atoms with van der Waals surface area (Å²) in [6.45, 7) is 2.46. The number of ether oxygens (including phenoxy) is 3. The van der Waals surface area contributed by atoms with E-state index in [0.29, 0.717) is 36.8 Å². The van der Waals surface area contributed by atoms with Crippen LogP contribution in [0.3, 0.4) is 0 Å². The number of hydrogen-bond acceptors (Lipinski definition) is 6. The van der Waals surface area contributed by atoms with Gasteiger partial charge in [-0.15, -0.1) is 0 Å². The van der Waals surface area contributed by atoms with E-state index in [-0.39, 0.29) is 24.5 Å². The molecule has 1 fully saturated rings. The third-order valence-electron chi connectivity index (χ3n) is 4.99. The van der Waals surface area contributed by atoms with Crippen LogP contribution in [0.1, 0.15) is 29.6 Å². The number of hydrogen-bond donors (Lipinski definition) is 3. The topological polar surface area (TPSA) is 97.9 Å². The van der Waals surface area contributed by atoms with Crippen LogP contribution < -0.4 is 20.7 Å². The molecule has 1 atom stereocenters. The van der Waals surface area contributed by atoms with Gasteiger partial charge in [-0.05, 0) is 49.6 Å². The van der Waals surface area contributed by atoms with Crippen LogP contribution in [0.15, 0.2) is 48.5 Å². The molecule has 172 valence electrons. The summed E-state index contributed by atoms with van der Waals surface area (Å²) in [4.78, 5) is 24.7. The lowest BCUT2D eigenvalue weighted by molar-refractivity contribution is -0.114. The van der Waals surface area contributed by atoms with Crippen LogP contribution in [-0.2, 0) is 14.3 Å². The van der Waals surface area contributed by atoms with E-state index >= 15 is 0 Å². The summed E-state index contributed by atoms with van der Waals surface area (Å²) in [5.74, 6) is 0.271. The molecule has 0 aromatic heterocycles. The van der Waals surface area contributed by atoms with Crippen LogP contribution in [-0.4, -0.2) is 57.9 Å². The number of amides is 2. The van der Waals surface area contributed by atoms with Crippen LogP contribution >= 0.6 is 0 Å². The van der Waals surface area contributed by atoms with Crippen molar-refractivity contribution in [3.05, 3.63) is 54.1 Å². The minimum absolute atomic E-state index is 0.0632. The smallest absolute Gasteiger partial charge is 0.251 e. The number of para-hydroxylation sites is 2. The van der Waals surface area contributed by atoms with Crippen molar-refractivity contribution in [3.63, 3.8) is 0 Å². The summed E-state index contributed by atoms with van der Waals surface area (Å²) in [6.07, 6.45) is 2.92. The summed E-state index contributed by atoms with van der Waals surface area (Å²) in [5, 5.41) is 8.77. The molecule has 2 aromatic rings.